The topological polar surface area (TPSA) is 84.9 Å². The van der Waals surface area contributed by atoms with Gasteiger partial charge in [-0.3, -0.25) is 0 Å². The van der Waals surface area contributed by atoms with E-state index in [-0.39, 0.29) is 0 Å². The van der Waals surface area contributed by atoms with Crippen molar-refractivity contribution in [2.24, 2.45) is 0 Å². The molecule has 30 heavy (non-hydrogen) atoms. The molecule has 4 rings (SSSR count). The molecule has 7 nitrogen and oxygen atoms in total. The third kappa shape index (κ3) is 4.26. The lowest BCUT2D eigenvalue weighted by Crippen LogP contribution is -2.21. The van der Waals surface area contributed by atoms with Gasteiger partial charge in [0.2, 0.25) is 5.95 Å². The van der Waals surface area contributed by atoms with Crippen LogP contribution < -0.4 is 11.1 Å². The highest BCUT2D eigenvalue weighted by Crippen LogP contribution is 2.32. The Morgan fingerprint density at radius 1 is 1.03 bits per heavy atom. The Kier molecular flexibility index (Phi) is 5.63. The molecule has 2 aromatic heterocycles. The number of fused-ring (bicyclic) bond motifs is 1. The van der Waals surface area contributed by atoms with Gasteiger partial charge in [-0.05, 0) is 32.6 Å². The van der Waals surface area contributed by atoms with Crippen LogP contribution in [0.4, 0.5) is 11.8 Å². The largest absolute Gasteiger partial charge is 0.383 e. The lowest BCUT2D eigenvalue weighted by molar-refractivity contribution is 0.425. The standard InChI is InChI=1S/C23H27N7/c1-16-8-7-11-18(14-16)20-19-21(24)30(15-17-9-5-4-6-10-17)28-22(19)27-23(26-20)25-12-13-29(2)3/h4-11,14H,12-13,15,24H2,1-3H3,(H,25,27,28). The summed E-state index contributed by atoms with van der Waals surface area (Å²) in [5, 5.41) is 8.81. The zero-order valence-electron chi connectivity index (χ0n) is 17.6. The maximum Gasteiger partial charge on any atom is 0.225 e. The Hall–Kier alpha value is -3.45. The minimum atomic E-state index is 0.560. The number of rotatable bonds is 7. The fourth-order valence-electron chi connectivity index (χ4n) is 3.40. The average molecular weight is 402 g/mol. The molecular formula is C23H27N7. The van der Waals surface area contributed by atoms with E-state index in [1.54, 1.807) is 4.68 Å². The molecule has 0 aliphatic heterocycles. The average Bonchev–Trinajstić information content (AvgIpc) is 3.03. The Morgan fingerprint density at radius 3 is 2.57 bits per heavy atom. The number of anilines is 2. The second kappa shape index (κ2) is 8.51. The van der Waals surface area contributed by atoms with Crippen molar-refractivity contribution in [1.82, 2.24) is 24.6 Å². The van der Waals surface area contributed by atoms with Crippen LogP contribution in [0.3, 0.4) is 0 Å². The van der Waals surface area contributed by atoms with E-state index >= 15 is 0 Å². The maximum atomic E-state index is 6.55. The Balaban J connectivity index is 1.80. The molecule has 0 radical (unpaired) electrons. The fourth-order valence-corrected chi connectivity index (χ4v) is 3.40. The van der Waals surface area contributed by atoms with Gasteiger partial charge in [-0.15, -0.1) is 5.10 Å². The molecule has 0 amide bonds. The van der Waals surface area contributed by atoms with Crippen LogP contribution in [0.25, 0.3) is 22.3 Å². The number of aromatic nitrogens is 4. The van der Waals surface area contributed by atoms with E-state index in [0.29, 0.717) is 24.0 Å². The lowest BCUT2D eigenvalue weighted by Gasteiger charge is -2.11. The number of nitrogens with one attached hydrogen (secondary N) is 1. The van der Waals surface area contributed by atoms with Gasteiger partial charge < -0.3 is 16.0 Å². The summed E-state index contributed by atoms with van der Waals surface area (Å²) in [6.45, 7) is 4.28. The smallest absolute Gasteiger partial charge is 0.225 e. The van der Waals surface area contributed by atoms with Crippen LogP contribution in [0.1, 0.15) is 11.1 Å². The molecule has 0 unspecified atom stereocenters. The molecule has 4 aromatic rings. The number of hydrogen-bond donors (Lipinski definition) is 2. The van der Waals surface area contributed by atoms with E-state index in [0.717, 1.165) is 40.9 Å². The van der Waals surface area contributed by atoms with Gasteiger partial charge in [-0.1, -0.05) is 54.1 Å². The normalized spacial score (nSPS) is 11.3. The summed E-state index contributed by atoms with van der Waals surface area (Å²) in [6, 6.07) is 18.4. The van der Waals surface area contributed by atoms with E-state index < -0.39 is 0 Å². The third-order valence-electron chi connectivity index (χ3n) is 4.95. The number of benzene rings is 2. The highest BCUT2D eigenvalue weighted by molar-refractivity contribution is 5.99. The van der Waals surface area contributed by atoms with Crippen molar-refractivity contribution in [2.75, 3.05) is 38.2 Å². The molecular weight excluding hydrogens is 374 g/mol. The molecule has 0 spiro atoms. The van der Waals surface area contributed by atoms with Gasteiger partial charge in [0.25, 0.3) is 0 Å². The van der Waals surface area contributed by atoms with Gasteiger partial charge in [0.1, 0.15) is 5.82 Å². The van der Waals surface area contributed by atoms with E-state index in [2.05, 4.69) is 46.4 Å². The van der Waals surface area contributed by atoms with Crippen molar-refractivity contribution < 1.29 is 0 Å². The molecule has 0 bridgehead atoms. The lowest BCUT2D eigenvalue weighted by atomic mass is 10.1. The molecule has 0 atom stereocenters. The van der Waals surface area contributed by atoms with Crippen molar-refractivity contribution in [3.05, 3.63) is 65.7 Å². The number of aryl methyl sites for hydroxylation is 1. The van der Waals surface area contributed by atoms with Crippen LogP contribution in [-0.4, -0.2) is 51.8 Å². The van der Waals surface area contributed by atoms with Gasteiger partial charge in [-0.25, -0.2) is 9.67 Å². The van der Waals surface area contributed by atoms with Crippen LogP contribution >= 0.6 is 0 Å². The number of nitrogens with two attached hydrogens (primary N) is 1. The van der Waals surface area contributed by atoms with E-state index in [1.165, 1.54) is 0 Å². The first-order valence-electron chi connectivity index (χ1n) is 10.0. The number of nitrogen functional groups attached to an aromatic ring is 1. The van der Waals surface area contributed by atoms with Crippen molar-refractivity contribution in [3.8, 4) is 11.3 Å². The van der Waals surface area contributed by atoms with Crippen LogP contribution in [0.5, 0.6) is 0 Å². The summed E-state index contributed by atoms with van der Waals surface area (Å²) in [6.07, 6.45) is 0. The fraction of sp³-hybridized carbons (Fsp3) is 0.261. The summed E-state index contributed by atoms with van der Waals surface area (Å²) in [7, 11) is 4.08. The van der Waals surface area contributed by atoms with Crippen molar-refractivity contribution >= 4 is 22.8 Å². The van der Waals surface area contributed by atoms with Gasteiger partial charge in [0.05, 0.1) is 17.6 Å². The second-order valence-corrected chi connectivity index (χ2v) is 7.72. The molecule has 2 aromatic carbocycles. The molecule has 0 saturated heterocycles. The number of nitrogens with zero attached hydrogens (tertiary/aromatic N) is 5. The summed E-state index contributed by atoms with van der Waals surface area (Å²) >= 11 is 0. The highest BCUT2D eigenvalue weighted by atomic mass is 15.3. The second-order valence-electron chi connectivity index (χ2n) is 7.72. The zero-order valence-corrected chi connectivity index (χ0v) is 17.6. The van der Waals surface area contributed by atoms with Gasteiger partial charge in [0.15, 0.2) is 5.65 Å². The first-order valence-corrected chi connectivity index (χ1v) is 10.0. The Labute approximate surface area is 176 Å². The van der Waals surface area contributed by atoms with Gasteiger partial charge in [0, 0.05) is 18.7 Å². The van der Waals surface area contributed by atoms with Crippen LogP contribution in [0, 0.1) is 6.92 Å². The number of hydrogen-bond acceptors (Lipinski definition) is 6. The van der Waals surface area contributed by atoms with Crippen molar-refractivity contribution in [2.45, 2.75) is 13.5 Å². The van der Waals surface area contributed by atoms with Gasteiger partial charge in [-0.2, -0.15) is 4.98 Å². The molecule has 3 N–H and O–H groups in total. The Morgan fingerprint density at radius 2 is 1.83 bits per heavy atom. The molecule has 7 heteroatoms. The summed E-state index contributed by atoms with van der Waals surface area (Å²) in [5.74, 6) is 1.13. The van der Waals surface area contributed by atoms with Gasteiger partial charge >= 0.3 is 0 Å². The molecule has 0 fully saturated rings. The van der Waals surface area contributed by atoms with Crippen LogP contribution in [0.2, 0.25) is 0 Å². The van der Waals surface area contributed by atoms with Crippen molar-refractivity contribution in [1.29, 1.82) is 0 Å². The first kappa shape index (κ1) is 19.8. The molecule has 0 aliphatic rings. The van der Waals surface area contributed by atoms with Crippen LogP contribution in [0.15, 0.2) is 54.6 Å². The summed E-state index contributed by atoms with van der Waals surface area (Å²) in [5.41, 5.74) is 11.2. The highest BCUT2D eigenvalue weighted by Gasteiger charge is 2.18. The monoisotopic (exact) mass is 401 g/mol. The molecule has 0 aliphatic carbocycles. The van der Waals surface area contributed by atoms with Crippen molar-refractivity contribution in [3.63, 3.8) is 0 Å². The van der Waals surface area contributed by atoms with E-state index in [1.807, 2.05) is 44.4 Å². The first-order chi connectivity index (χ1) is 14.5. The maximum absolute atomic E-state index is 6.55. The Bertz CT molecular complexity index is 1150. The number of likely N-dealkylation sites (N-methyl/N-ethyl adjacent to an activating group) is 1. The quantitative estimate of drug-likeness (QED) is 0.494. The van der Waals surface area contributed by atoms with E-state index in [9.17, 15) is 0 Å². The predicted octanol–water partition coefficient (Wildman–Crippen LogP) is 3.41. The minimum absolute atomic E-state index is 0.560. The predicted molar refractivity (Wildman–Crippen MR) is 122 cm³/mol. The zero-order chi connectivity index (χ0) is 21.1. The summed E-state index contributed by atoms with van der Waals surface area (Å²) in [4.78, 5) is 11.6. The summed E-state index contributed by atoms with van der Waals surface area (Å²) < 4.78 is 1.80. The molecule has 0 saturated carbocycles. The molecule has 154 valence electrons. The van der Waals surface area contributed by atoms with Crippen LogP contribution in [-0.2, 0) is 6.54 Å². The minimum Gasteiger partial charge on any atom is -0.383 e. The van der Waals surface area contributed by atoms with E-state index in [4.69, 9.17) is 15.8 Å². The SMILES string of the molecule is Cc1cccc(-c2nc(NCCN(C)C)nc3nn(Cc4ccccc4)c(N)c23)c1. The third-order valence-corrected chi connectivity index (χ3v) is 4.95. The molecule has 2 heterocycles.